The van der Waals surface area contributed by atoms with Gasteiger partial charge < -0.3 is 14.6 Å². The number of ether oxygens (including phenoxy) is 2. The van der Waals surface area contributed by atoms with E-state index in [1.165, 1.54) is 5.56 Å². The average molecular weight is 250 g/mol. The third kappa shape index (κ3) is 2.85. The lowest BCUT2D eigenvalue weighted by Crippen LogP contribution is -2.25. The van der Waals surface area contributed by atoms with Gasteiger partial charge in [-0.25, -0.2) is 0 Å². The van der Waals surface area contributed by atoms with E-state index < -0.39 is 6.10 Å². The molecule has 1 aromatic carbocycles. The molecule has 1 aromatic rings. The zero-order valence-electron chi connectivity index (χ0n) is 11.4. The highest BCUT2D eigenvalue weighted by Gasteiger charge is 2.32. The first-order valence-corrected chi connectivity index (χ1v) is 6.51. The molecule has 1 N–H and O–H groups in total. The summed E-state index contributed by atoms with van der Waals surface area (Å²) in [7, 11) is 1.68. The SMILES string of the molecule is COCCCC(O)c1cccc2c1OC(C)(C)C2. The number of methoxy groups -OCH3 is 1. The molecule has 0 spiro atoms. The topological polar surface area (TPSA) is 38.7 Å². The number of fused-ring (bicyclic) bond motifs is 1. The second-order valence-electron chi connectivity index (χ2n) is 5.52. The molecule has 1 unspecified atom stereocenters. The second kappa shape index (κ2) is 5.29. The maximum atomic E-state index is 10.2. The van der Waals surface area contributed by atoms with Gasteiger partial charge in [-0.1, -0.05) is 18.2 Å². The summed E-state index contributed by atoms with van der Waals surface area (Å²) in [4.78, 5) is 0. The van der Waals surface area contributed by atoms with E-state index in [1.54, 1.807) is 7.11 Å². The lowest BCUT2D eigenvalue weighted by atomic mass is 9.98. The fraction of sp³-hybridized carbons (Fsp3) is 0.600. The monoisotopic (exact) mass is 250 g/mol. The fourth-order valence-corrected chi connectivity index (χ4v) is 2.48. The van der Waals surface area contributed by atoms with Crippen molar-refractivity contribution in [3.05, 3.63) is 29.3 Å². The zero-order chi connectivity index (χ0) is 13.2. The summed E-state index contributed by atoms with van der Waals surface area (Å²) in [6, 6.07) is 6.03. The van der Waals surface area contributed by atoms with Crippen molar-refractivity contribution in [2.24, 2.45) is 0 Å². The third-order valence-corrected chi connectivity index (χ3v) is 3.31. The van der Waals surface area contributed by atoms with Crippen molar-refractivity contribution in [1.82, 2.24) is 0 Å². The third-order valence-electron chi connectivity index (χ3n) is 3.31. The van der Waals surface area contributed by atoms with Crippen LogP contribution in [0.1, 0.15) is 43.9 Å². The van der Waals surface area contributed by atoms with E-state index in [2.05, 4.69) is 19.9 Å². The number of aliphatic hydroxyl groups excluding tert-OH is 1. The van der Waals surface area contributed by atoms with Gasteiger partial charge in [-0.15, -0.1) is 0 Å². The molecular weight excluding hydrogens is 228 g/mol. The van der Waals surface area contributed by atoms with Crippen LogP contribution in [0.3, 0.4) is 0 Å². The first kappa shape index (κ1) is 13.4. The summed E-state index contributed by atoms with van der Waals surface area (Å²) in [5.41, 5.74) is 1.95. The molecule has 0 saturated heterocycles. The van der Waals surface area contributed by atoms with E-state index in [9.17, 15) is 5.11 Å². The Morgan fingerprint density at radius 1 is 1.44 bits per heavy atom. The van der Waals surface area contributed by atoms with E-state index in [1.807, 2.05) is 12.1 Å². The number of hydrogen-bond donors (Lipinski definition) is 1. The number of aliphatic hydroxyl groups is 1. The lowest BCUT2D eigenvalue weighted by molar-refractivity contribution is 0.116. The van der Waals surface area contributed by atoms with Gasteiger partial charge >= 0.3 is 0 Å². The lowest BCUT2D eigenvalue weighted by Gasteiger charge is -2.20. The first-order valence-electron chi connectivity index (χ1n) is 6.51. The van der Waals surface area contributed by atoms with Crippen LogP contribution >= 0.6 is 0 Å². The highest BCUT2D eigenvalue weighted by Crippen LogP contribution is 2.40. The Morgan fingerprint density at radius 2 is 2.22 bits per heavy atom. The Balaban J connectivity index is 2.13. The number of para-hydroxylation sites is 1. The summed E-state index contributed by atoms with van der Waals surface area (Å²) in [6.07, 6.45) is 1.99. The first-order chi connectivity index (χ1) is 8.53. The highest BCUT2D eigenvalue weighted by molar-refractivity contribution is 5.46. The fourth-order valence-electron chi connectivity index (χ4n) is 2.48. The number of hydrogen-bond acceptors (Lipinski definition) is 3. The summed E-state index contributed by atoms with van der Waals surface area (Å²) < 4.78 is 11.0. The molecule has 1 aliphatic heterocycles. The molecule has 0 amide bonds. The van der Waals surface area contributed by atoms with Crippen LogP contribution in [0, 0.1) is 0 Å². The van der Waals surface area contributed by atoms with Crippen molar-refractivity contribution in [2.75, 3.05) is 13.7 Å². The smallest absolute Gasteiger partial charge is 0.129 e. The summed E-state index contributed by atoms with van der Waals surface area (Å²) >= 11 is 0. The molecule has 1 heterocycles. The van der Waals surface area contributed by atoms with E-state index in [-0.39, 0.29) is 5.60 Å². The molecule has 3 heteroatoms. The van der Waals surface area contributed by atoms with Crippen molar-refractivity contribution >= 4 is 0 Å². The number of rotatable bonds is 5. The molecule has 0 fully saturated rings. The van der Waals surface area contributed by atoms with Crippen LogP contribution in [0.4, 0.5) is 0 Å². The molecule has 1 atom stereocenters. The van der Waals surface area contributed by atoms with Gasteiger partial charge in [0.1, 0.15) is 11.4 Å². The molecule has 2 rings (SSSR count). The van der Waals surface area contributed by atoms with Gasteiger partial charge in [0.2, 0.25) is 0 Å². The Kier molecular flexibility index (Phi) is 3.93. The maximum Gasteiger partial charge on any atom is 0.129 e. The zero-order valence-corrected chi connectivity index (χ0v) is 11.4. The van der Waals surface area contributed by atoms with Crippen LogP contribution in [0.25, 0.3) is 0 Å². The van der Waals surface area contributed by atoms with Gasteiger partial charge in [-0.05, 0) is 32.3 Å². The van der Waals surface area contributed by atoms with E-state index in [0.717, 1.165) is 24.2 Å². The number of benzene rings is 1. The standard InChI is InChI=1S/C15H22O3/c1-15(2)10-11-6-4-7-12(14(11)18-15)13(16)8-5-9-17-3/h4,6-7,13,16H,5,8-10H2,1-3H3. The van der Waals surface area contributed by atoms with E-state index in [0.29, 0.717) is 13.0 Å². The van der Waals surface area contributed by atoms with Crippen LogP contribution < -0.4 is 4.74 Å². The van der Waals surface area contributed by atoms with Gasteiger partial charge in [0.25, 0.3) is 0 Å². The summed E-state index contributed by atoms with van der Waals surface area (Å²) in [5, 5.41) is 10.2. The molecule has 0 bridgehead atoms. The largest absolute Gasteiger partial charge is 0.487 e. The predicted molar refractivity (Wildman–Crippen MR) is 70.9 cm³/mol. The van der Waals surface area contributed by atoms with Gasteiger partial charge in [-0.3, -0.25) is 0 Å². The van der Waals surface area contributed by atoms with Crippen molar-refractivity contribution < 1.29 is 14.6 Å². The Labute approximate surface area is 109 Å². The molecule has 0 aliphatic carbocycles. The molecule has 1 aliphatic rings. The van der Waals surface area contributed by atoms with Crippen LogP contribution in [0.5, 0.6) is 5.75 Å². The van der Waals surface area contributed by atoms with Crippen LogP contribution in [-0.2, 0) is 11.2 Å². The van der Waals surface area contributed by atoms with E-state index >= 15 is 0 Å². The molecule has 0 aromatic heterocycles. The molecule has 100 valence electrons. The molecular formula is C15H22O3. The van der Waals surface area contributed by atoms with Gasteiger partial charge in [0.15, 0.2) is 0 Å². The predicted octanol–water partition coefficient (Wildman–Crippen LogP) is 2.86. The summed E-state index contributed by atoms with van der Waals surface area (Å²) in [5.74, 6) is 0.882. The Hall–Kier alpha value is -1.06. The molecule has 3 nitrogen and oxygen atoms in total. The second-order valence-corrected chi connectivity index (χ2v) is 5.52. The Bertz CT molecular complexity index is 412. The minimum Gasteiger partial charge on any atom is -0.487 e. The average Bonchev–Trinajstić information content (AvgIpc) is 2.62. The minimum atomic E-state index is -0.469. The molecule has 0 radical (unpaired) electrons. The molecule has 18 heavy (non-hydrogen) atoms. The highest BCUT2D eigenvalue weighted by atomic mass is 16.5. The quantitative estimate of drug-likeness (QED) is 0.817. The van der Waals surface area contributed by atoms with Crippen molar-refractivity contribution in [2.45, 2.75) is 44.8 Å². The minimum absolute atomic E-state index is 0.162. The van der Waals surface area contributed by atoms with Crippen LogP contribution in [0.2, 0.25) is 0 Å². The molecule has 0 saturated carbocycles. The summed E-state index contributed by atoms with van der Waals surface area (Å²) in [6.45, 7) is 4.83. The van der Waals surface area contributed by atoms with Crippen molar-refractivity contribution in [3.8, 4) is 5.75 Å². The van der Waals surface area contributed by atoms with Gasteiger partial charge in [-0.2, -0.15) is 0 Å². The van der Waals surface area contributed by atoms with Crippen molar-refractivity contribution in [1.29, 1.82) is 0 Å². The normalized spacial score (nSPS) is 18.2. The van der Waals surface area contributed by atoms with Crippen LogP contribution in [-0.4, -0.2) is 24.4 Å². The van der Waals surface area contributed by atoms with Gasteiger partial charge in [0, 0.05) is 25.7 Å². The van der Waals surface area contributed by atoms with Gasteiger partial charge in [0.05, 0.1) is 6.10 Å². The maximum absolute atomic E-state index is 10.2. The van der Waals surface area contributed by atoms with Crippen LogP contribution in [0.15, 0.2) is 18.2 Å². The van der Waals surface area contributed by atoms with E-state index in [4.69, 9.17) is 9.47 Å². The van der Waals surface area contributed by atoms with Crippen molar-refractivity contribution in [3.63, 3.8) is 0 Å². The Morgan fingerprint density at radius 3 is 2.94 bits per heavy atom.